The average molecular weight is 855 g/mol. The van der Waals surface area contributed by atoms with E-state index >= 15 is 0 Å². The van der Waals surface area contributed by atoms with Gasteiger partial charge in [-0.25, -0.2) is 29.9 Å². The zero-order valence-corrected chi connectivity index (χ0v) is 34.0. The lowest BCUT2D eigenvalue weighted by Gasteiger charge is -2.41. The molecule has 0 amide bonds. The Hall–Kier alpha value is -5.77. The molecule has 0 atom stereocenters. The fourth-order valence-corrected chi connectivity index (χ4v) is 9.16. The molecule has 0 spiro atoms. The van der Waals surface area contributed by atoms with Gasteiger partial charge in [0, 0.05) is 122 Å². The molecule has 5 aromatic heterocycles. The third-order valence-electron chi connectivity index (χ3n) is 11.9. The molecule has 0 N–H and O–H groups in total. The number of anilines is 4. The van der Waals surface area contributed by atoms with E-state index in [4.69, 9.17) is 51.3 Å². The molecule has 0 radical (unpaired) electrons. The van der Waals surface area contributed by atoms with E-state index in [2.05, 4.69) is 52.7 Å². The van der Waals surface area contributed by atoms with Gasteiger partial charge in [0.15, 0.2) is 11.6 Å². The van der Waals surface area contributed by atoms with Crippen LogP contribution in [0.5, 0.6) is 0 Å². The molecule has 9 heterocycles. The zero-order valence-electron chi connectivity index (χ0n) is 31.7. The van der Waals surface area contributed by atoms with E-state index in [0.29, 0.717) is 11.1 Å². The smallest absolute Gasteiger partial charge is 0.343 e. The molecule has 4 saturated heterocycles. The number of nitriles is 1. The summed E-state index contributed by atoms with van der Waals surface area (Å²) in [7, 11) is 0. The molecule has 10 rings (SSSR count). The number of hydrogen-bond donors (Lipinski definition) is 0. The summed E-state index contributed by atoms with van der Waals surface area (Å²) in [5, 5.41) is 11.7. The molecule has 58 heavy (non-hydrogen) atoms. The lowest BCUT2D eigenvalue weighted by Crippen LogP contribution is -2.47. The summed E-state index contributed by atoms with van der Waals surface area (Å²) >= 11 is 9.80. The van der Waals surface area contributed by atoms with E-state index in [1.807, 2.05) is 36.5 Å². The summed E-state index contributed by atoms with van der Waals surface area (Å²) in [4.78, 5) is 51.7. The van der Waals surface area contributed by atoms with Crippen LogP contribution in [0.1, 0.15) is 48.9 Å². The number of pyridine rings is 2. The van der Waals surface area contributed by atoms with Crippen LogP contribution in [-0.2, 0) is 0 Å². The van der Waals surface area contributed by atoms with Crippen LogP contribution < -0.4 is 19.6 Å². The van der Waals surface area contributed by atoms with Crippen molar-refractivity contribution in [3.05, 3.63) is 93.4 Å². The average Bonchev–Trinajstić information content (AvgIpc) is 3.22. The molecule has 0 bridgehead atoms. The van der Waals surface area contributed by atoms with Crippen LogP contribution in [-0.4, -0.2) is 92.2 Å². The second-order valence-corrected chi connectivity index (χ2v) is 16.8. The van der Waals surface area contributed by atoms with Crippen LogP contribution in [0.15, 0.2) is 72.0 Å². The highest BCUT2D eigenvalue weighted by atomic mass is 79.9. The highest BCUT2D eigenvalue weighted by molar-refractivity contribution is 9.10. The first-order chi connectivity index (χ1) is 28.5. The van der Waals surface area contributed by atoms with Gasteiger partial charge in [0.05, 0.1) is 46.7 Å². The van der Waals surface area contributed by atoms with Gasteiger partial charge in [-0.1, -0.05) is 11.6 Å². The van der Waals surface area contributed by atoms with Gasteiger partial charge in [-0.2, -0.15) is 5.26 Å². The molecule has 290 valence electrons. The van der Waals surface area contributed by atoms with E-state index in [9.17, 15) is 5.26 Å². The highest BCUT2D eigenvalue weighted by Gasteiger charge is 2.36. The third kappa shape index (κ3) is 7.18. The van der Waals surface area contributed by atoms with E-state index < -0.39 is 0 Å². The Morgan fingerprint density at radius 2 is 1.31 bits per heavy atom. The molecular formula is C42H39BrClN14+. The first-order valence-corrected chi connectivity index (χ1v) is 21.0. The highest BCUT2D eigenvalue weighted by Crippen LogP contribution is 2.38. The fraction of sp³-hybridized carbons (Fsp3) is 0.381. The normalized spacial score (nSPS) is 18.2. The Morgan fingerprint density at radius 1 is 0.672 bits per heavy atom. The minimum absolute atomic E-state index is 0.125. The minimum Gasteiger partial charge on any atom is -0.355 e. The number of hydrogen-bond acceptors (Lipinski definition) is 13. The number of aromatic nitrogens is 8. The van der Waals surface area contributed by atoms with Gasteiger partial charge in [-0.3, -0.25) is 9.97 Å². The predicted octanol–water partition coefficient (Wildman–Crippen LogP) is 7.40. The molecule has 14 nitrogen and oxygen atoms in total. The first-order valence-electron chi connectivity index (χ1n) is 19.8. The zero-order chi connectivity index (χ0) is 39.2. The van der Waals surface area contributed by atoms with Crippen LogP contribution >= 0.6 is 27.5 Å². The number of halogens is 2. The summed E-state index contributed by atoms with van der Waals surface area (Å²) < 4.78 is 0.904. The maximum absolute atomic E-state index is 9.34. The van der Waals surface area contributed by atoms with Crippen LogP contribution in [0.25, 0.3) is 26.7 Å². The van der Waals surface area contributed by atoms with Crippen molar-refractivity contribution in [2.45, 2.75) is 37.5 Å². The number of nitrogens with zero attached hydrogens (tertiary/aromatic N) is 14. The monoisotopic (exact) mass is 853 g/mol. The molecule has 0 aliphatic carbocycles. The van der Waals surface area contributed by atoms with Crippen LogP contribution in [0.2, 0.25) is 5.15 Å². The summed E-state index contributed by atoms with van der Waals surface area (Å²) in [5.41, 5.74) is 4.54. The standard InChI is InChI=1S/C42H39BrClN14/c43-33-16-31(17-34-32(33)20-52-42(54-34)58-24-30(25-58)39-41(49-10-8-47-39)55-11-3-26(18-45)4-12-55)50-19-27-5-13-56(14-6-27)40-38(46-7-9-48-40)29-22-57(23-29)37-2-1-28-15-36(44)51-21-35(28)53-37/h1-2,7-10,15-17,20-21,26-27,29-30H,3-6,11-14,22-25H2/q+1. The van der Waals surface area contributed by atoms with Crippen LogP contribution in [0.4, 0.5) is 29.1 Å². The topological polar surface area (TPSA) is 144 Å². The molecule has 4 fully saturated rings. The van der Waals surface area contributed by atoms with Crippen molar-refractivity contribution in [2.24, 2.45) is 11.8 Å². The van der Waals surface area contributed by atoms with Gasteiger partial charge in [0.1, 0.15) is 11.0 Å². The second kappa shape index (κ2) is 15.5. The maximum atomic E-state index is 9.34. The van der Waals surface area contributed by atoms with Crippen LogP contribution in [0, 0.1) is 29.2 Å². The lowest BCUT2D eigenvalue weighted by atomic mass is 9.94. The quantitative estimate of drug-likeness (QED) is 0.154. The van der Waals surface area contributed by atoms with Gasteiger partial charge < -0.3 is 19.6 Å². The fourth-order valence-electron chi connectivity index (χ4n) is 8.46. The largest absolute Gasteiger partial charge is 0.355 e. The Balaban J connectivity index is 0.766. The van der Waals surface area contributed by atoms with E-state index in [0.717, 1.165) is 139 Å². The molecule has 6 aromatic rings. The summed E-state index contributed by atoms with van der Waals surface area (Å²) in [6.45, 7) is 6.59. The molecular weight excluding hydrogens is 816 g/mol. The van der Waals surface area contributed by atoms with Gasteiger partial charge >= 0.3 is 5.69 Å². The summed E-state index contributed by atoms with van der Waals surface area (Å²) in [6, 6.07) is 15.8. The van der Waals surface area contributed by atoms with Crippen molar-refractivity contribution < 1.29 is 0 Å². The maximum Gasteiger partial charge on any atom is 0.343 e. The van der Waals surface area contributed by atoms with Crippen LogP contribution in [0.3, 0.4) is 0 Å². The van der Waals surface area contributed by atoms with Gasteiger partial charge in [0.25, 0.3) is 6.07 Å². The number of piperidine rings is 2. The van der Waals surface area contributed by atoms with Crippen molar-refractivity contribution in [3.63, 3.8) is 0 Å². The minimum atomic E-state index is 0.125. The van der Waals surface area contributed by atoms with E-state index in [1.54, 1.807) is 31.0 Å². The number of rotatable bonds is 6. The van der Waals surface area contributed by atoms with Gasteiger partial charge in [-0.15, -0.1) is 0 Å². The Kier molecular flexibility index (Phi) is 9.79. The van der Waals surface area contributed by atoms with Crippen molar-refractivity contribution >= 4 is 78.4 Å². The SMILES string of the molecule is N#CC1CCN(c2nccnc2C2CN(c3ncc4c(Br)cc([N+]#CC5CCN(c6nccnc6C6CN(c7ccc8cc(Cl)ncc8n7)C6)CC5)cc4n3)C2)CC1. The molecule has 1 aromatic carbocycles. The molecule has 0 saturated carbocycles. The molecule has 0 unspecified atom stereocenters. The predicted molar refractivity (Wildman–Crippen MR) is 228 cm³/mol. The molecule has 16 heteroatoms. The van der Waals surface area contributed by atoms with Crippen molar-refractivity contribution in [1.82, 2.24) is 39.9 Å². The Morgan fingerprint density at radius 3 is 1.98 bits per heavy atom. The molecule has 4 aliphatic rings. The lowest BCUT2D eigenvalue weighted by molar-refractivity contribution is 0.472. The van der Waals surface area contributed by atoms with Crippen molar-refractivity contribution in [1.29, 1.82) is 5.26 Å². The molecule has 4 aliphatic heterocycles. The van der Waals surface area contributed by atoms with E-state index in [1.165, 1.54) is 0 Å². The van der Waals surface area contributed by atoms with Crippen molar-refractivity contribution in [2.75, 3.05) is 72.0 Å². The third-order valence-corrected chi connectivity index (χ3v) is 12.7. The Labute approximate surface area is 348 Å². The number of fused-ring (bicyclic) bond motifs is 2. The van der Waals surface area contributed by atoms with Gasteiger partial charge in [-0.05, 0) is 64.7 Å². The summed E-state index contributed by atoms with van der Waals surface area (Å²) in [6.07, 6.45) is 14.3. The second-order valence-electron chi connectivity index (χ2n) is 15.5. The number of benzene rings is 1. The first kappa shape index (κ1) is 36.6. The van der Waals surface area contributed by atoms with E-state index in [-0.39, 0.29) is 23.7 Å². The summed E-state index contributed by atoms with van der Waals surface area (Å²) in [5.74, 6) is 4.42. The Bertz CT molecular complexity index is 2620. The van der Waals surface area contributed by atoms with Gasteiger partial charge in [0.2, 0.25) is 5.95 Å². The van der Waals surface area contributed by atoms with Crippen molar-refractivity contribution in [3.8, 4) is 12.1 Å².